The second-order valence-corrected chi connectivity index (χ2v) is 6.64. The summed E-state index contributed by atoms with van der Waals surface area (Å²) in [6.07, 6.45) is 1.18. The van der Waals surface area contributed by atoms with E-state index in [-0.39, 0.29) is 12.4 Å². The van der Waals surface area contributed by atoms with Crippen molar-refractivity contribution in [1.82, 2.24) is 10.6 Å². The number of benzene rings is 2. The minimum atomic E-state index is -0.467. The summed E-state index contributed by atoms with van der Waals surface area (Å²) in [4.78, 5) is 16.3. The average Bonchev–Trinajstić information content (AvgIpc) is 2.72. The molecule has 4 N–H and O–H groups in total. The molecule has 1 unspecified atom stereocenters. The zero-order valence-electron chi connectivity index (χ0n) is 17.0. The summed E-state index contributed by atoms with van der Waals surface area (Å²) < 4.78 is 18.4. The molecule has 0 fully saturated rings. The fourth-order valence-corrected chi connectivity index (χ4v) is 2.93. The smallest absolute Gasteiger partial charge is 0.222 e. The van der Waals surface area contributed by atoms with Crippen LogP contribution in [0.25, 0.3) is 0 Å². The zero-order chi connectivity index (χ0) is 21.1. The van der Waals surface area contributed by atoms with Crippen molar-refractivity contribution in [3.05, 3.63) is 65.5 Å². The number of guanidine groups is 1. The molecule has 2 aromatic rings. The van der Waals surface area contributed by atoms with Crippen LogP contribution in [0.15, 0.2) is 53.5 Å². The summed E-state index contributed by atoms with van der Waals surface area (Å²) >= 11 is 0. The van der Waals surface area contributed by atoms with Crippen molar-refractivity contribution in [2.75, 3.05) is 26.7 Å². The average molecular weight is 400 g/mol. The predicted octanol–water partition coefficient (Wildman–Crippen LogP) is 2.28. The van der Waals surface area contributed by atoms with Gasteiger partial charge < -0.3 is 21.1 Å². The van der Waals surface area contributed by atoms with Crippen LogP contribution < -0.4 is 21.1 Å². The molecule has 29 heavy (non-hydrogen) atoms. The first-order chi connectivity index (χ1) is 14.0. The number of hydrogen-bond acceptors (Lipinski definition) is 3. The van der Waals surface area contributed by atoms with Gasteiger partial charge in [0.05, 0.1) is 19.6 Å². The molecule has 0 radical (unpaired) electrons. The highest BCUT2D eigenvalue weighted by molar-refractivity contribution is 5.81. The Morgan fingerprint density at radius 1 is 1.17 bits per heavy atom. The number of methoxy groups -OCH3 is 1. The summed E-state index contributed by atoms with van der Waals surface area (Å²) in [6, 6.07) is 13.9. The van der Waals surface area contributed by atoms with Gasteiger partial charge in [-0.3, -0.25) is 9.79 Å². The van der Waals surface area contributed by atoms with Gasteiger partial charge in [0.2, 0.25) is 5.91 Å². The Hall–Kier alpha value is -3.09. The van der Waals surface area contributed by atoms with Gasteiger partial charge in [-0.1, -0.05) is 30.3 Å². The van der Waals surface area contributed by atoms with Gasteiger partial charge in [0.1, 0.15) is 11.6 Å². The van der Waals surface area contributed by atoms with Gasteiger partial charge >= 0.3 is 0 Å². The fourth-order valence-electron chi connectivity index (χ4n) is 2.93. The molecule has 0 saturated heterocycles. The maximum Gasteiger partial charge on any atom is 0.222 e. The number of carbonyl (C=O) groups is 1. The third-order valence-corrected chi connectivity index (χ3v) is 4.49. The van der Waals surface area contributed by atoms with E-state index in [0.717, 1.165) is 23.3 Å². The van der Waals surface area contributed by atoms with Gasteiger partial charge in [0, 0.05) is 13.1 Å². The molecule has 0 aromatic heterocycles. The van der Waals surface area contributed by atoms with Gasteiger partial charge in [0.25, 0.3) is 0 Å². The topological polar surface area (TPSA) is 88.7 Å². The van der Waals surface area contributed by atoms with E-state index in [0.29, 0.717) is 25.5 Å². The van der Waals surface area contributed by atoms with Crippen LogP contribution in [-0.2, 0) is 17.6 Å². The Labute approximate surface area is 171 Å². The van der Waals surface area contributed by atoms with Crippen molar-refractivity contribution < 1.29 is 13.9 Å². The van der Waals surface area contributed by atoms with Crippen LogP contribution in [0.3, 0.4) is 0 Å². The molecule has 0 aliphatic rings. The van der Waals surface area contributed by atoms with E-state index >= 15 is 0 Å². The number of aliphatic imine (C=N–C) groups is 1. The number of rotatable bonds is 10. The molecular weight excluding hydrogens is 371 g/mol. The summed E-state index contributed by atoms with van der Waals surface area (Å²) in [5.41, 5.74) is 7.49. The highest BCUT2D eigenvalue weighted by Crippen LogP contribution is 2.17. The van der Waals surface area contributed by atoms with Crippen molar-refractivity contribution in [3.8, 4) is 5.75 Å². The van der Waals surface area contributed by atoms with Gasteiger partial charge in [-0.2, -0.15) is 0 Å². The van der Waals surface area contributed by atoms with E-state index in [2.05, 4.69) is 15.6 Å². The molecule has 0 spiro atoms. The normalized spacial score (nSPS) is 12.3. The minimum Gasteiger partial charge on any atom is -0.496 e. The highest BCUT2D eigenvalue weighted by atomic mass is 19.1. The molecule has 0 saturated carbocycles. The van der Waals surface area contributed by atoms with Crippen LogP contribution in [0, 0.1) is 11.7 Å². The largest absolute Gasteiger partial charge is 0.496 e. The molecule has 6 nitrogen and oxygen atoms in total. The third-order valence-electron chi connectivity index (χ3n) is 4.49. The molecule has 156 valence electrons. The number of nitrogens with zero attached hydrogens (tertiary/aromatic N) is 1. The monoisotopic (exact) mass is 400 g/mol. The Kier molecular flexibility index (Phi) is 8.95. The lowest BCUT2D eigenvalue weighted by Gasteiger charge is -2.15. The van der Waals surface area contributed by atoms with Crippen LogP contribution in [0.4, 0.5) is 4.39 Å². The van der Waals surface area contributed by atoms with Crippen molar-refractivity contribution in [1.29, 1.82) is 0 Å². The van der Waals surface area contributed by atoms with Crippen molar-refractivity contribution >= 4 is 11.9 Å². The Bertz CT molecular complexity index is 809. The summed E-state index contributed by atoms with van der Waals surface area (Å²) in [6.45, 7) is 3.57. The molecule has 0 aliphatic carbocycles. The van der Waals surface area contributed by atoms with Gasteiger partial charge in [-0.15, -0.1) is 0 Å². The highest BCUT2D eigenvalue weighted by Gasteiger charge is 2.16. The number of halogens is 1. The third kappa shape index (κ3) is 7.44. The van der Waals surface area contributed by atoms with Crippen molar-refractivity contribution in [2.24, 2.45) is 16.6 Å². The van der Waals surface area contributed by atoms with Gasteiger partial charge in [-0.05, 0) is 49.1 Å². The first-order valence-electron chi connectivity index (χ1n) is 9.71. The number of amides is 1. The second-order valence-electron chi connectivity index (χ2n) is 6.64. The molecular formula is C22H29FN4O2. The Morgan fingerprint density at radius 2 is 1.90 bits per heavy atom. The number of nitrogens with two attached hydrogens (primary N) is 1. The number of ether oxygens (including phenoxy) is 1. The van der Waals surface area contributed by atoms with Crippen LogP contribution in [0.2, 0.25) is 0 Å². The maximum absolute atomic E-state index is 13.1. The molecule has 2 aromatic carbocycles. The van der Waals surface area contributed by atoms with E-state index in [1.54, 1.807) is 19.2 Å². The lowest BCUT2D eigenvalue weighted by molar-refractivity contribution is -0.121. The minimum absolute atomic E-state index is 0.247. The van der Waals surface area contributed by atoms with Gasteiger partial charge in [-0.25, -0.2) is 4.39 Å². The van der Waals surface area contributed by atoms with E-state index in [1.807, 2.05) is 31.2 Å². The summed E-state index contributed by atoms with van der Waals surface area (Å²) in [5, 5.41) is 6.44. The predicted molar refractivity (Wildman–Crippen MR) is 113 cm³/mol. The Balaban J connectivity index is 1.96. The van der Waals surface area contributed by atoms with Crippen LogP contribution >= 0.6 is 0 Å². The van der Waals surface area contributed by atoms with E-state index < -0.39 is 11.8 Å². The first kappa shape index (κ1) is 22.2. The lowest BCUT2D eigenvalue weighted by Crippen LogP contribution is -2.39. The number of nitrogens with one attached hydrogen (secondary N) is 2. The molecule has 1 amide bonds. The number of primary amides is 1. The van der Waals surface area contributed by atoms with E-state index in [4.69, 9.17) is 10.5 Å². The van der Waals surface area contributed by atoms with Crippen LogP contribution in [0.1, 0.15) is 18.1 Å². The van der Waals surface area contributed by atoms with Crippen molar-refractivity contribution in [2.45, 2.75) is 19.8 Å². The lowest BCUT2D eigenvalue weighted by atomic mass is 9.99. The van der Waals surface area contributed by atoms with E-state index in [1.165, 1.54) is 12.1 Å². The standard InChI is InChI=1S/C22H29FN4O2/c1-3-25-22(26-13-12-17-6-4-5-7-20(17)29-2)27-15-18(21(24)28)14-16-8-10-19(23)11-9-16/h4-11,18H,3,12-15H2,1-2H3,(H2,24,28)(H2,25,26,27). The molecule has 2 rings (SSSR count). The number of para-hydroxylation sites is 1. The van der Waals surface area contributed by atoms with Crippen molar-refractivity contribution in [3.63, 3.8) is 0 Å². The molecule has 1 atom stereocenters. The molecule has 7 heteroatoms. The SMILES string of the molecule is CCNC(=NCC(Cc1ccc(F)cc1)C(N)=O)NCCc1ccccc1OC. The summed E-state index contributed by atoms with van der Waals surface area (Å²) in [7, 11) is 1.66. The zero-order valence-corrected chi connectivity index (χ0v) is 17.0. The van der Waals surface area contributed by atoms with Crippen LogP contribution in [-0.4, -0.2) is 38.6 Å². The molecule has 0 bridgehead atoms. The van der Waals surface area contributed by atoms with Crippen LogP contribution in [0.5, 0.6) is 5.75 Å². The number of carbonyl (C=O) groups excluding carboxylic acids is 1. The quantitative estimate of drug-likeness (QED) is 0.422. The van der Waals surface area contributed by atoms with E-state index in [9.17, 15) is 9.18 Å². The second kappa shape index (κ2) is 11.7. The summed E-state index contributed by atoms with van der Waals surface area (Å²) in [5.74, 6) is 0.265. The Morgan fingerprint density at radius 3 is 2.55 bits per heavy atom. The maximum atomic E-state index is 13.1. The molecule has 0 aliphatic heterocycles. The number of hydrogen-bond donors (Lipinski definition) is 3. The first-order valence-corrected chi connectivity index (χ1v) is 9.71. The van der Waals surface area contributed by atoms with Gasteiger partial charge in [0.15, 0.2) is 5.96 Å². The molecule has 0 heterocycles. The fraction of sp³-hybridized carbons (Fsp3) is 0.364.